The molecular weight excluding hydrogens is 262 g/mol. The molecule has 1 aromatic carbocycles. The molecule has 106 valence electrons. The van der Waals surface area contributed by atoms with Crippen LogP contribution >= 0.6 is 0 Å². The molecule has 0 amide bonds. The molecule has 0 unspecified atom stereocenters. The van der Waals surface area contributed by atoms with Crippen LogP contribution < -0.4 is 10.7 Å². The van der Waals surface area contributed by atoms with Crippen LogP contribution in [0.3, 0.4) is 0 Å². The first kappa shape index (κ1) is 13.4. The summed E-state index contributed by atoms with van der Waals surface area (Å²) in [5.74, 6) is 0.881. The molecule has 4 nitrogen and oxygen atoms in total. The fraction of sp³-hybridized carbons (Fsp3) is 0.176. The Morgan fingerprint density at radius 1 is 1.14 bits per heavy atom. The van der Waals surface area contributed by atoms with E-state index in [-0.39, 0.29) is 5.43 Å². The summed E-state index contributed by atoms with van der Waals surface area (Å²) in [6.07, 6.45) is 3.70. The lowest BCUT2D eigenvalue weighted by atomic mass is 10.2. The van der Waals surface area contributed by atoms with Gasteiger partial charge in [-0.25, -0.2) is 4.98 Å². The second-order valence-corrected chi connectivity index (χ2v) is 4.91. The van der Waals surface area contributed by atoms with Gasteiger partial charge in [-0.2, -0.15) is 0 Å². The van der Waals surface area contributed by atoms with Crippen LogP contribution in [0.25, 0.3) is 10.9 Å². The van der Waals surface area contributed by atoms with Crippen LogP contribution in [0.1, 0.15) is 12.5 Å². The predicted molar refractivity (Wildman–Crippen MR) is 85.7 cm³/mol. The second-order valence-electron chi connectivity index (χ2n) is 4.91. The van der Waals surface area contributed by atoms with Crippen LogP contribution in [0.5, 0.6) is 0 Å². The molecule has 0 radical (unpaired) electrons. The van der Waals surface area contributed by atoms with Gasteiger partial charge >= 0.3 is 0 Å². The summed E-state index contributed by atoms with van der Waals surface area (Å²) >= 11 is 0. The molecule has 0 spiro atoms. The molecule has 0 saturated carbocycles. The number of hydrogen-bond acceptors (Lipinski definition) is 3. The van der Waals surface area contributed by atoms with Crippen molar-refractivity contribution in [2.24, 2.45) is 0 Å². The van der Waals surface area contributed by atoms with Gasteiger partial charge in [-0.05, 0) is 30.7 Å². The van der Waals surface area contributed by atoms with E-state index in [9.17, 15) is 4.79 Å². The van der Waals surface area contributed by atoms with Crippen LogP contribution in [-0.2, 0) is 6.54 Å². The molecule has 0 bridgehead atoms. The van der Waals surface area contributed by atoms with Crippen molar-refractivity contribution in [2.45, 2.75) is 13.5 Å². The first-order valence-electron chi connectivity index (χ1n) is 7.05. The minimum Gasteiger partial charge on any atom is -0.370 e. The van der Waals surface area contributed by atoms with Gasteiger partial charge < -0.3 is 9.88 Å². The zero-order chi connectivity index (χ0) is 14.7. The van der Waals surface area contributed by atoms with E-state index < -0.39 is 0 Å². The fourth-order valence-electron chi connectivity index (χ4n) is 2.40. The smallest absolute Gasteiger partial charge is 0.189 e. The topological polar surface area (TPSA) is 46.9 Å². The van der Waals surface area contributed by atoms with Crippen molar-refractivity contribution < 1.29 is 0 Å². The standard InChI is InChI=1S/C17H17N3O/c1-2-18-17-8-7-13(11-19-17)12-20-10-9-16(21)14-5-3-4-6-15(14)20/h3-11H,2,12H2,1H3,(H,18,19). The van der Waals surface area contributed by atoms with E-state index in [0.717, 1.165) is 28.8 Å². The van der Waals surface area contributed by atoms with E-state index in [1.165, 1.54) is 0 Å². The molecule has 3 aromatic rings. The van der Waals surface area contributed by atoms with Crippen molar-refractivity contribution in [2.75, 3.05) is 11.9 Å². The summed E-state index contributed by atoms with van der Waals surface area (Å²) in [5.41, 5.74) is 2.11. The maximum absolute atomic E-state index is 11.9. The number of benzene rings is 1. The lowest BCUT2D eigenvalue weighted by Crippen LogP contribution is -2.09. The number of rotatable bonds is 4. The third-order valence-electron chi connectivity index (χ3n) is 3.42. The van der Waals surface area contributed by atoms with E-state index in [2.05, 4.69) is 20.9 Å². The van der Waals surface area contributed by atoms with Crippen molar-refractivity contribution in [1.29, 1.82) is 0 Å². The van der Waals surface area contributed by atoms with Gasteiger partial charge in [0, 0.05) is 36.9 Å². The number of aromatic nitrogens is 2. The fourth-order valence-corrected chi connectivity index (χ4v) is 2.40. The predicted octanol–water partition coefficient (Wildman–Crippen LogP) is 2.88. The Morgan fingerprint density at radius 2 is 2.00 bits per heavy atom. The average Bonchev–Trinajstić information content (AvgIpc) is 2.52. The van der Waals surface area contributed by atoms with Gasteiger partial charge in [-0.3, -0.25) is 4.79 Å². The van der Waals surface area contributed by atoms with Crippen LogP contribution in [0.2, 0.25) is 0 Å². The molecule has 2 aromatic heterocycles. The van der Waals surface area contributed by atoms with E-state index in [1.54, 1.807) is 6.07 Å². The summed E-state index contributed by atoms with van der Waals surface area (Å²) in [5, 5.41) is 3.92. The van der Waals surface area contributed by atoms with Crippen LogP contribution in [-0.4, -0.2) is 16.1 Å². The number of hydrogen-bond donors (Lipinski definition) is 1. The summed E-state index contributed by atoms with van der Waals surface area (Å²) in [6.45, 7) is 3.60. The van der Waals surface area contributed by atoms with Gasteiger partial charge in [0.2, 0.25) is 0 Å². The minimum absolute atomic E-state index is 0.0578. The van der Waals surface area contributed by atoms with Gasteiger partial charge in [0.1, 0.15) is 5.82 Å². The van der Waals surface area contributed by atoms with Crippen molar-refractivity contribution in [3.63, 3.8) is 0 Å². The number of para-hydroxylation sites is 1. The molecule has 3 rings (SSSR count). The highest BCUT2D eigenvalue weighted by Crippen LogP contribution is 2.12. The third-order valence-corrected chi connectivity index (χ3v) is 3.42. The van der Waals surface area contributed by atoms with Crippen LogP contribution in [0.15, 0.2) is 59.7 Å². The Bertz CT molecular complexity index is 806. The monoisotopic (exact) mass is 279 g/mol. The molecule has 0 fully saturated rings. The van der Waals surface area contributed by atoms with E-state index in [4.69, 9.17) is 0 Å². The summed E-state index contributed by atoms with van der Waals surface area (Å²) in [7, 11) is 0. The Labute approximate surface area is 123 Å². The quantitative estimate of drug-likeness (QED) is 0.799. The summed E-state index contributed by atoms with van der Waals surface area (Å²) in [6, 6.07) is 13.3. The molecule has 2 heterocycles. The van der Waals surface area contributed by atoms with Gasteiger partial charge in [0.25, 0.3) is 0 Å². The lowest BCUT2D eigenvalue weighted by molar-refractivity contribution is 0.821. The van der Waals surface area contributed by atoms with Gasteiger partial charge in [0.15, 0.2) is 5.43 Å². The Kier molecular flexibility index (Phi) is 3.69. The summed E-state index contributed by atoms with van der Waals surface area (Å²) < 4.78 is 2.07. The maximum atomic E-state index is 11.9. The average molecular weight is 279 g/mol. The summed E-state index contributed by atoms with van der Waals surface area (Å²) in [4.78, 5) is 16.2. The zero-order valence-electron chi connectivity index (χ0n) is 11.9. The maximum Gasteiger partial charge on any atom is 0.189 e. The molecule has 0 aliphatic carbocycles. The molecule has 4 heteroatoms. The normalized spacial score (nSPS) is 10.7. The van der Waals surface area contributed by atoms with Gasteiger partial charge in [-0.1, -0.05) is 18.2 Å². The van der Waals surface area contributed by atoms with Crippen LogP contribution in [0.4, 0.5) is 5.82 Å². The molecule has 21 heavy (non-hydrogen) atoms. The molecule has 0 saturated heterocycles. The Balaban J connectivity index is 1.95. The molecule has 1 N–H and O–H groups in total. The number of anilines is 1. The molecule has 0 aliphatic heterocycles. The zero-order valence-corrected chi connectivity index (χ0v) is 11.9. The number of nitrogens with zero attached hydrogens (tertiary/aromatic N) is 2. The number of nitrogens with one attached hydrogen (secondary N) is 1. The van der Waals surface area contributed by atoms with Crippen molar-refractivity contribution >= 4 is 16.7 Å². The highest BCUT2D eigenvalue weighted by Gasteiger charge is 2.03. The Morgan fingerprint density at radius 3 is 2.76 bits per heavy atom. The van der Waals surface area contributed by atoms with Crippen molar-refractivity contribution in [3.05, 3.63) is 70.6 Å². The second kappa shape index (κ2) is 5.79. The van der Waals surface area contributed by atoms with Crippen molar-refractivity contribution in [3.8, 4) is 0 Å². The largest absolute Gasteiger partial charge is 0.370 e. The lowest BCUT2D eigenvalue weighted by Gasteiger charge is -2.11. The molecule has 0 atom stereocenters. The molecule has 0 aliphatic rings. The van der Waals surface area contributed by atoms with Gasteiger partial charge in [-0.15, -0.1) is 0 Å². The first-order valence-corrected chi connectivity index (χ1v) is 7.05. The third kappa shape index (κ3) is 2.79. The highest BCUT2D eigenvalue weighted by atomic mass is 16.1. The van der Waals surface area contributed by atoms with E-state index in [0.29, 0.717) is 6.54 Å². The minimum atomic E-state index is 0.0578. The van der Waals surface area contributed by atoms with Crippen molar-refractivity contribution in [1.82, 2.24) is 9.55 Å². The Hall–Kier alpha value is -2.62. The highest BCUT2D eigenvalue weighted by molar-refractivity contribution is 5.78. The van der Waals surface area contributed by atoms with Crippen LogP contribution in [0, 0.1) is 0 Å². The molecular formula is C17H17N3O. The number of pyridine rings is 2. The SMILES string of the molecule is CCNc1ccc(Cn2ccc(=O)c3ccccc32)cn1. The first-order chi connectivity index (χ1) is 10.3. The van der Waals surface area contributed by atoms with E-state index in [1.807, 2.05) is 49.6 Å². The number of fused-ring (bicyclic) bond motifs is 1. The van der Waals surface area contributed by atoms with Gasteiger partial charge in [0.05, 0.1) is 5.52 Å². The van der Waals surface area contributed by atoms with E-state index >= 15 is 0 Å².